The number of halogens is 1. The van der Waals surface area contributed by atoms with Crippen LogP contribution in [0.15, 0.2) is 29.3 Å². The Hall–Kier alpha value is -1.76. The SMILES string of the molecule is CCNC(=NCC(Cc1ccc(F)cc1)C(N)=O)NC1CCC(SC)C1. The van der Waals surface area contributed by atoms with E-state index in [0.29, 0.717) is 24.3 Å². The van der Waals surface area contributed by atoms with Crippen molar-refractivity contribution in [2.24, 2.45) is 16.6 Å². The molecule has 0 spiro atoms. The fraction of sp³-hybridized carbons (Fsp3) is 0.579. The van der Waals surface area contributed by atoms with Crippen LogP contribution < -0.4 is 16.4 Å². The number of carbonyl (C=O) groups is 1. The zero-order valence-corrected chi connectivity index (χ0v) is 16.3. The summed E-state index contributed by atoms with van der Waals surface area (Å²) in [7, 11) is 0. The molecule has 1 amide bonds. The lowest BCUT2D eigenvalue weighted by Crippen LogP contribution is -2.43. The fourth-order valence-corrected chi connectivity index (χ4v) is 3.96. The Morgan fingerprint density at radius 2 is 2.12 bits per heavy atom. The van der Waals surface area contributed by atoms with Crippen molar-refractivity contribution in [3.05, 3.63) is 35.6 Å². The van der Waals surface area contributed by atoms with Crippen LogP contribution in [0.25, 0.3) is 0 Å². The number of hydrogen-bond donors (Lipinski definition) is 3. The van der Waals surface area contributed by atoms with Crippen LogP contribution in [-0.4, -0.2) is 42.5 Å². The molecule has 1 aromatic carbocycles. The van der Waals surface area contributed by atoms with Crippen molar-refractivity contribution < 1.29 is 9.18 Å². The van der Waals surface area contributed by atoms with Crippen LogP contribution in [0.5, 0.6) is 0 Å². The van der Waals surface area contributed by atoms with Crippen molar-refractivity contribution in [3.8, 4) is 0 Å². The van der Waals surface area contributed by atoms with Crippen LogP contribution in [0.3, 0.4) is 0 Å². The van der Waals surface area contributed by atoms with Gasteiger partial charge in [-0.3, -0.25) is 9.79 Å². The molecule has 0 aromatic heterocycles. The quantitative estimate of drug-likeness (QED) is 0.478. The summed E-state index contributed by atoms with van der Waals surface area (Å²) in [4.78, 5) is 16.4. The van der Waals surface area contributed by atoms with Gasteiger partial charge in [-0.2, -0.15) is 11.8 Å². The van der Waals surface area contributed by atoms with E-state index in [1.165, 1.54) is 18.6 Å². The Kier molecular flexibility index (Phi) is 8.22. The maximum Gasteiger partial charge on any atom is 0.222 e. The molecule has 1 saturated carbocycles. The predicted molar refractivity (Wildman–Crippen MR) is 107 cm³/mol. The molecule has 3 unspecified atom stereocenters. The number of carbonyl (C=O) groups excluding carboxylic acids is 1. The number of amides is 1. The van der Waals surface area contributed by atoms with Gasteiger partial charge in [0.2, 0.25) is 5.91 Å². The first-order valence-electron chi connectivity index (χ1n) is 9.13. The molecule has 1 aromatic rings. The third-order valence-corrected chi connectivity index (χ3v) is 5.77. The first kappa shape index (κ1) is 20.6. The lowest BCUT2D eigenvalue weighted by molar-refractivity contribution is -0.121. The molecule has 1 fully saturated rings. The zero-order chi connectivity index (χ0) is 18.9. The molecule has 0 radical (unpaired) electrons. The smallest absolute Gasteiger partial charge is 0.222 e. The number of nitrogens with one attached hydrogen (secondary N) is 2. The van der Waals surface area contributed by atoms with Crippen LogP contribution in [-0.2, 0) is 11.2 Å². The molecule has 1 aliphatic rings. The average molecular weight is 381 g/mol. The Bertz CT molecular complexity index is 608. The highest BCUT2D eigenvalue weighted by atomic mass is 32.2. The van der Waals surface area contributed by atoms with E-state index < -0.39 is 11.8 Å². The molecule has 2 rings (SSSR count). The number of nitrogens with two attached hydrogens (primary N) is 1. The highest BCUT2D eigenvalue weighted by Gasteiger charge is 2.24. The summed E-state index contributed by atoms with van der Waals surface area (Å²) >= 11 is 1.91. The monoisotopic (exact) mass is 380 g/mol. The zero-order valence-electron chi connectivity index (χ0n) is 15.5. The Morgan fingerprint density at radius 1 is 1.38 bits per heavy atom. The van der Waals surface area contributed by atoms with Crippen molar-refractivity contribution in [3.63, 3.8) is 0 Å². The molecule has 3 atom stereocenters. The molecule has 0 aliphatic heterocycles. The van der Waals surface area contributed by atoms with Crippen LogP contribution in [0.2, 0.25) is 0 Å². The highest BCUT2D eigenvalue weighted by Crippen LogP contribution is 2.28. The number of thioether (sulfide) groups is 1. The van der Waals surface area contributed by atoms with E-state index in [0.717, 1.165) is 30.9 Å². The molecular weight excluding hydrogens is 351 g/mol. The van der Waals surface area contributed by atoms with Crippen LogP contribution >= 0.6 is 11.8 Å². The van der Waals surface area contributed by atoms with Gasteiger partial charge in [0.15, 0.2) is 5.96 Å². The molecule has 4 N–H and O–H groups in total. The number of hydrogen-bond acceptors (Lipinski definition) is 3. The number of nitrogens with zero attached hydrogens (tertiary/aromatic N) is 1. The largest absolute Gasteiger partial charge is 0.369 e. The topological polar surface area (TPSA) is 79.5 Å². The summed E-state index contributed by atoms with van der Waals surface area (Å²) in [6.07, 6.45) is 6.08. The van der Waals surface area contributed by atoms with Crippen molar-refractivity contribution >= 4 is 23.6 Å². The van der Waals surface area contributed by atoms with E-state index >= 15 is 0 Å². The molecule has 144 valence electrons. The summed E-state index contributed by atoms with van der Waals surface area (Å²) in [6.45, 7) is 3.07. The first-order chi connectivity index (χ1) is 12.5. The van der Waals surface area contributed by atoms with Gasteiger partial charge >= 0.3 is 0 Å². The van der Waals surface area contributed by atoms with Gasteiger partial charge in [0, 0.05) is 17.8 Å². The predicted octanol–water partition coefficient (Wildman–Crippen LogP) is 2.31. The second-order valence-electron chi connectivity index (χ2n) is 6.66. The minimum Gasteiger partial charge on any atom is -0.369 e. The number of rotatable bonds is 8. The highest BCUT2D eigenvalue weighted by molar-refractivity contribution is 7.99. The van der Waals surface area contributed by atoms with Gasteiger partial charge < -0.3 is 16.4 Å². The Balaban J connectivity index is 1.97. The van der Waals surface area contributed by atoms with E-state index in [1.54, 1.807) is 12.1 Å². The summed E-state index contributed by atoms with van der Waals surface area (Å²) < 4.78 is 13.0. The number of guanidine groups is 1. The summed E-state index contributed by atoms with van der Waals surface area (Å²) in [6, 6.07) is 6.56. The van der Waals surface area contributed by atoms with Gasteiger partial charge in [0.25, 0.3) is 0 Å². The molecule has 0 bridgehead atoms. The number of aliphatic imine (C=N–C) groups is 1. The molecule has 0 heterocycles. The lowest BCUT2D eigenvalue weighted by atomic mass is 9.99. The van der Waals surface area contributed by atoms with Gasteiger partial charge in [0.1, 0.15) is 5.82 Å². The van der Waals surface area contributed by atoms with Gasteiger partial charge in [0.05, 0.1) is 12.5 Å². The van der Waals surface area contributed by atoms with E-state index in [4.69, 9.17) is 5.73 Å². The van der Waals surface area contributed by atoms with Gasteiger partial charge in [-0.1, -0.05) is 12.1 Å². The summed E-state index contributed by atoms with van der Waals surface area (Å²) in [5.41, 5.74) is 6.43. The summed E-state index contributed by atoms with van der Waals surface area (Å²) in [5, 5.41) is 7.41. The molecule has 1 aliphatic carbocycles. The Morgan fingerprint density at radius 3 is 2.69 bits per heavy atom. The Labute approximate surface area is 159 Å². The van der Waals surface area contributed by atoms with Crippen molar-refractivity contribution in [1.29, 1.82) is 0 Å². The third kappa shape index (κ3) is 6.52. The van der Waals surface area contributed by atoms with Crippen molar-refractivity contribution in [2.45, 2.75) is 43.9 Å². The summed E-state index contributed by atoms with van der Waals surface area (Å²) in [5.74, 6) is -0.374. The molecule has 0 saturated heterocycles. The molecule has 26 heavy (non-hydrogen) atoms. The van der Waals surface area contributed by atoms with Gasteiger partial charge in [-0.15, -0.1) is 0 Å². The third-order valence-electron chi connectivity index (χ3n) is 4.67. The standard InChI is InChI=1S/C19H29FN4OS/c1-3-22-19(24-16-8-9-17(11-16)26-2)23-12-14(18(21)25)10-13-4-6-15(20)7-5-13/h4-7,14,16-17H,3,8-12H2,1-2H3,(H2,21,25)(H2,22,23,24). The van der Waals surface area contributed by atoms with Crippen molar-refractivity contribution in [2.75, 3.05) is 19.3 Å². The molecule has 7 heteroatoms. The minimum absolute atomic E-state index is 0.291. The van der Waals surface area contributed by atoms with Crippen LogP contribution in [0.4, 0.5) is 4.39 Å². The first-order valence-corrected chi connectivity index (χ1v) is 10.4. The van der Waals surface area contributed by atoms with Crippen LogP contribution in [0.1, 0.15) is 31.7 Å². The van der Waals surface area contributed by atoms with Gasteiger partial charge in [-0.05, 0) is 56.6 Å². The van der Waals surface area contributed by atoms with E-state index in [2.05, 4.69) is 21.9 Å². The van der Waals surface area contributed by atoms with E-state index in [9.17, 15) is 9.18 Å². The molecular formula is C19H29FN4OS. The van der Waals surface area contributed by atoms with Gasteiger partial charge in [-0.25, -0.2) is 4.39 Å². The molecule has 5 nitrogen and oxygen atoms in total. The van der Waals surface area contributed by atoms with Crippen LogP contribution in [0, 0.1) is 11.7 Å². The maximum atomic E-state index is 13.0. The average Bonchev–Trinajstić information content (AvgIpc) is 3.07. The van der Waals surface area contributed by atoms with Crippen molar-refractivity contribution in [1.82, 2.24) is 10.6 Å². The minimum atomic E-state index is -0.418. The second kappa shape index (κ2) is 10.4. The number of benzene rings is 1. The number of primary amides is 1. The maximum absolute atomic E-state index is 13.0. The fourth-order valence-electron chi connectivity index (χ4n) is 3.16. The lowest BCUT2D eigenvalue weighted by Gasteiger charge is -2.18. The second-order valence-corrected chi connectivity index (χ2v) is 7.80. The normalized spacial score (nSPS) is 21.4. The van der Waals surface area contributed by atoms with E-state index in [1.807, 2.05) is 18.7 Å². The van der Waals surface area contributed by atoms with E-state index in [-0.39, 0.29) is 5.82 Å².